The zero-order valence-electron chi connectivity index (χ0n) is 8.26. The molecule has 1 aromatic rings. The largest absolute Gasteiger partial charge is 0.327 e. The molecule has 2 rings (SSSR count). The number of benzene rings is 1. The lowest BCUT2D eigenvalue weighted by molar-refractivity contribution is 0.646. The fourth-order valence-electron chi connectivity index (χ4n) is 1.84. The molecule has 0 bridgehead atoms. The molecule has 0 aliphatic carbocycles. The first-order chi connectivity index (χ1) is 6.79. The summed E-state index contributed by atoms with van der Waals surface area (Å²) < 4.78 is 0. The summed E-state index contributed by atoms with van der Waals surface area (Å²) >= 11 is 1.85. The van der Waals surface area contributed by atoms with E-state index in [1.54, 1.807) is 0 Å². The summed E-state index contributed by atoms with van der Waals surface area (Å²) in [6.45, 7) is 2.08. The maximum atomic E-state index is 5.96. The second kappa shape index (κ2) is 4.20. The molecule has 14 heavy (non-hydrogen) atoms. The molecular formula is C12H15NS. The molecule has 74 valence electrons. The van der Waals surface area contributed by atoms with Gasteiger partial charge in [-0.3, -0.25) is 0 Å². The molecule has 2 N–H and O–H groups in total. The van der Waals surface area contributed by atoms with Crippen LogP contribution in [0.15, 0.2) is 41.8 Å². The first-order valence-electron chi connectivity index (χ1n) is 4.91. The fraction of sp³-hybridized carbons (Fsp3) is 0.333. The molecule has 0 radical (unpaired) electrons. The smallest absolute Gasteiger partial charge is 0.0341 e. The normalized spacial score (nSPS) is 27.9. The van der Waals surface area contributed by atoms with Crippen LogP contribution in [0.1, 0.15) is 18.4 Å². The van der Waals surface area contributed by atoms with Crippen LogP contribution in [-0.2, 0) is 0 Å². The molecule has 1 aliphatic rings. The third kappa shape index (κ3) is 1.86. The Labute approximate surface area is 89.4 Å². The van der Waals surface area contributed by atoms with Crippen LogP contribution in [0, 0.1) is 0 Å². The highest BCUT2D eigenvalue weighted by Crippen LogP contribution is 2.38. The molecule has 0 saturated carbocycles. The van der Waals surface area contributed by atoms with Crippen molar-refractivity contribution < 1.29 is 0 Å². The molecule has 0 amide bonds. The molecule has 3 unspecified atom stereocenters. The number of hydrogen-bond donors (Lipinski definition) is 1. The van der Waals surface area contributed by atoms with Crippen LogP contribution < -0.4 is 5.73 Å². The molecule has 3 atom stereocenters. The number of rotatable bonds is 2. The summed E-state index contributed by atoms with van der Waals surface area (Å²) in [6, 6.07) is 10.8. The topological polar surface area (TPSA) is 26.0 Å². The summed E-state index contributed by atoms with van der Waals surface area (Å²) in [7, 11) is 0. The minimum Gasteiger partial charge on any atom is -0.327 e. The molecule has 0 saturated heterocycles. The Bertz CT molecular complexity index is 318. The van der Waals surface area contributed by atoms with Crippen molar-refractivity contribution in [2.24, 2.45) is 5.73 Å². The van der Waals surface area contributed by atoms with Crippen molar-refractivity contribution in [3.8, 4) is 0 Å². The van der Waals surface area contributed by atoms with Gasteiger partial charge in [-0.25, -0.2) is 0 Å². The van der Waals surface area contributed by atoms with E-state index >= 15 is 0 Å². The SMILES string of the molecule is CC(N)C1SC=CC1c1ccccc1. The van der Waals surface area contributed by atoms with Gasteiger partial charge in [0.15, 0.2) is 0 Å². The summed E-state index contributed by atoms with van der Waals surface area (Å²) in [5.74, 6) is 0.487. The van der Waals surface area contributed by atoms with Crippen molar-refractivity contribution in [3.05, 3.63) is 47.4 Å². The monoisotopic (exact) mass is 205 g/mol. The van der Waals surface area contributed by atoms with Gasteiger partial charge in [0.25, 0.3) is 0 Å². The van der Waals surface area contributed by atoms with E-state index in [9.17, 15) is 0 Å². The standard InChI is InChI=1S/C12H15NS/c1-9(13)12-11(7-8-14-12)10-5-3-2-4-6-10/h2-9,11-12H,13H2,1H3. The van der Waals surface area contributed by atoms with Crippen LogP contribution >= 0.6 is 11.8 Å². The Hall–Kier alpha value is -0.730. The number of hydrogen-bond acceptors (Lipinski definition) is 2. The van der Waals surface area contributed by atoms with Gasteiger partial charge in [0.2, 0.25) is 0 Å². The predicted octanol–water partition coefficient (Wildman–Crippen LogP) is 2.75. The van der Waals surface area contributed by atoms with E-state index in [0.29, 0.717) is 11.2 Å². The molecule has 1 aromatic carbocycles. The summed E-state index contributed by atoms with van der Waals surface area (Å²) in [6.07, 6.45) is 2.26. The van der Waals surface area contributed by atoms with Gasteiger partial charge in [0.1, 0.15) is 0 Å². The Morgan fingerprint density at radius 1 is 1.29 bits per heavy atom. The quantitative estimate of drug-likeness (QED) is 0.803. The highest BCUT2D eigenvalue weighted by molar-refractivity contribution is 8.03. The first-order valence-corrected chi connectivity index (χ1v) is 5.86. The highest BCUT2D eigenvalue weighted by Gasteiger charge is 2.27. The van der Waals surface area contributed by atoms with Gasteiger partial charge in [0.05, 0.1) is 0 Å². The van der Waals surface area contributed by atoms with Crippen molar-refractivity contribution >= 4 is 11.8 Å². The molecule has 0 fully saturated rings. The van der Waals surface area contributed by atoms with Crippen LogP contribution in [-0.4, -0.2) is 11.3 Å². The Balaban J connectivity index is 2.22. The van der Waals surface area contributed by atoms with E-state index in [0.717, 1.165) is 0 Å². The van der Waals surface area contributed by atoms with E-state index in [4.69, 9.17) is 5.73 Å². The Morgan fingerprint density at radius 3 is 2.64 bits per heavy atom. The highest BCUT2D eigenvalue weighted by atomic mass is 32.2. The van der Waals surface area contributed by atoms with Gasteiger partial charge in [-0.15, -0.1) is 11.8 Å². The van der Waals surface area contributed by atoms with E-state index in [1.165, 1.54) is 5.56 Å². The zero-order chi connectivity index (χ0) is 9.97. The third-order valence-corrected chi connectivity index (χ3v) is 3.93. The van der Waals surface area contributed by atoms with Gasteiger partial charge < -0.3 is 5.73 Å². The van der Waals surface area contributed by atoms with Crippen LogP contribution in [0.4, 0.5) is 0 Å². The Morgan fingerprint density at radius 2 is 2.00 bits per heavy atom. The predicted molar refractivity (Wildman–Crippen MR) is 63.4 cm³/mol. The van der Waals surface area contributed by atoms with Crippen molar-refractivity contribution in [1.82, 2.24) is 0 Å². The lowest BCUT2D eigenvalue weighted by Gasteiger charge is -2.22. The van der Waals surface area contributed by atoms with Gasteiger partial charge in [0, 0.05) is 17.2 Å². The van der Waals surface area contributed by atoms with Crippen LogP contribution in [0.25, 0.3) is 0 Å². The average molecular weight is 205 g/mol. The lowest BCUT2D eigenvalue weighted by Crippen LogP contribution is -2.31. The van der Waals surface area contributed by atoms with E-state index in [-0.39, 0.29) is 6.04 Å². The summed E-state index contributed by atoms with van der Waals surface area (Å²) in [5, 5.41) is 2.67. The molecule has 0 spiro atoms. The van der Waals surface area contributed by atoms with Crippen molar-refractivity contribution in [2.45, 2.75) is 24.1 Å². The average Bonchev–Trinajstić information content (AvgIpc) is 2.67. The summed E-state index contributed by atoms with van der Waals surface area (Å²) in [5.41, 5.74) is 7.34. The van der Waals surface area contributed by atoms with Gasteiger partial charge in [-0.1, -0.05) is 36.4 Å². The number of nitrogens with two attached hydrogens (primary N) is 1. The fourth-order valence-corrected chi connectivity index (χ4v) is 2.95. The van der Waals surface area contributed by atoms with Gasteiger partial charge in [-0.2, -0.15) is 0 Å². The molecular weight excluding hydrogens is 190 g/mol. The Kier molecular flexibility index (Phi) is 2.94. The first kappa shape index (κ1) is 9.81. The van der Waals surface area contributed by atoms with Gasteiger partial charge in [-0.05, 0) is 17.9 Å². The lowest BCUT2D eigenvalue weighted by atomic mass is 9.93. The molecule has 0 aromatic heterocycles. The van der Waals surface area contributed by atoms with E-state index < -0.39 is 0 Å². The minimum absolute atomic E-state index is 0.236. The van der Waals surface area contributed by atoms with Crippen molar-refractivity contribution in [2.75, 3.05) is 0 Å². The van der Waals surface area contributed by atoms with Crippen molar-refractivity contribution in [3.63, 3.8) is 0 Å². The van der Waals surface area contributed by atoms with Gasteiger partial charge >= 0.3 is 0 Å². The third-order valence-electron chi connectivity index (χ3n) is 2.58. The number of allylic oxidation sites excluding steroid dienone is 1. The zero-order valence-corrected chi connectivity index (χ0v) is 9.08. The molecule has 2 heteroatoms. The molecule has 1 heterocycles. The minimum atomic E-state index is 0.236. The molecule has 1 aliphatic heterocycles. The second-order valence-corrected chi connectivity index (χ2v) is 4.81. The number of thioether (sulfide) groups is 1. The summed E-state index contributed by atoms with van der Waals surface area (Å²) in [4.78, 5) is 0. The maximum absolute atomic E-state index is 5.96. The van der Waals surface area contributed by atoms with E-state index in [1.807, 2.05) is 11.8 Å². The maximum Gasteiger partial charge on any atom is 0.0341 e. The van der Waals surface area contributed by atoms with Crippen LogP contribution in [0.5, 0.6) is 0 Å². The van der Waals surface area contributed by atoms with Crippen LogP contribution in [0.3, 0.4) is 0 Å². The second-order valence-electron chi connectivity index (χ2n) is 3.72. The molecule has 1 nitrogen and oxygen atoms in total. The van der Waals surface area contributed by atoms with Crippen molar-refractivity contribution in [1.29, 1.82) is 0 Å². The van der Waals surface area contributed by atoms with Crippen LogP contribution in [0.2, 0.25) is 0 Å². The van der Waals surface area contributed by atoms with E-state index in [2.05, 4.69) is 48.7 Å².